The first-order valence-corrected chi connectivity index (χ1v) is 4.00. The van der Waals surface area contributed by atoms with Gasteiger partial charge in [0.05, 0.1) is 0 Å². The molecule has 0 aromatic heterocycles. The predicted molar refractivity (Wildman–Crippen MR) is 38.7 cm³/mol. The Kier molecular flexibility index (Phi) is 2.35. The van der Waals surface area contributed by atoms with E-state index in [1.165, 1.54) is 5.66 Å². The molecule has 50 valence electrons. The zero-order valence-corrected chi connectivity index (χ0v) is 6.04. The fourth-order valence-corrected chi connectivity index (χ4v) is 1.16. The Bertz CT molecular complexity index is 262. The Morgan fingerprint density at radius 3 is 2.40 bits per heavy atom. The summed E-state index contributed by atoms with van der Waals surface area (Å²) >= 11 is 0. The van der Waals surface area contributed by atoms with Crippen LogP contribution in [0.25, 0.3) is 0 Å². The molecule has 10 heavy (non-hydrogen) atoms. The van der Waals surface area contributed by atoms with Gasteiger partial charge in [0.2, 0.25) is 0 Å². The van der Waals surface area contributed by atoms with Crippen LogP contribution in [0.2, 0.25) is 0 Å². The van der Waals surface area contributed by atoms with E-state index in [-0.39, 0.29) is 0 Å². The van der Waals surface area contributed by atoms with Gasteiger partial charge in [0.1, 0.15) is 0 Å². The van der Waals surface area contributed by atoms with Crippen LogP contribution < -0.4 is 10.2 Å². The minimum Gasteiger partial charge on any atom is -0.616 e. The van der Waals surface area contributed by atoms with Crippen molar-refractivity contribution in [3.63, 3.8) is 0 Å². The van der Waals surface area contributed by atoms with Gasteiger partial charge in [-0.25, -0.2) is 0 Å². The van der Waals surface area contributed by atoms with Gasteiger partial charge in [-0.3, -0.25) is 0 Å². The fourth-order valence-electron chi connectivity index (χ4n) is 0.616. The molecule has 0 saturated heterocycles. The zero-order valence-electron chi connectivity index (χ0n) is 5.15. The third-order valence-corrected chi connectivity index (χ3v) is 2.01. The number of carbonyl (C=O) groups excluding carboxylic acids is 1. The lowest BCUT2D eigenvalue weighted by Gasteiger charge is -1.88. The molecule has 3 heteroatoms. The Balaban J connectivity index is 3.08. The van der Waals surface area contributed by atoms with Gasteiger partial charge in [-0.1, -0.05) is 18.2 Å². The van der Waals surface area contributed by atoms with Crippen molar-refractivity contribution in [2.45, 2.75) is 0 Å². The standard InChI is InChI=1S/C7H5O2P/c8-6-10(9)7-4-2-1-3-5-7/h1-5H. The van der Waals surface area contributed by atoms with Crippen molar-refractivity contribution in [2.24, 2.45) is 0 Å². The van der Waals surface area contributed by atoms with Gasteiger partial charge >= 0.3 is 5.66 Å². The van der Waals surface area contributed by atoms with E-state index in [2.05, 4.69) is 0 Å². The lowest BCUT2D eigenvalue weighted by molar-refractivity contribution is -0.149. The smallest absolute Gasteiger partial charge is 0.333 e. The molecule has 1 aromatic rings. The van der Waals surface area contributed by atoms with Gasteiger partial charge in [0, 0.05) is 0 Å². The van der Waals surface area contributed by atoms with Crippen LogP contribution in [0.4, 0.5) is 0 Å². The molecule has 0 aliphatic heterocycles. The monoisotopic (exact) mass is 152 g/mol. The largest absolute Gasteiger partial charge is 0.616 e. The lowest BCUT2D eigenvalue weighted by atomic mass is 10.4. The fraction of sp³-hybridized carbons (Fsp3) is 0. The van der Waals surface area contributed by atoms with Crippen LogP contribution in [0, 0.1) is 0 Å². The van der Waals surface area contributed by atoms with Gasteiger partial charge < -0.3 is 4.89 Å². The van der Waals surface area contributed by atoms with E-state index in [0.717, 1.165) is 0 Å². The first-order chi connectivity index (χ1) is 4.84. The van der Waals surface area contributed by atoms with Crippen LogP contribution in [-0.2, 0) is 4.79 Å². The predicted octanol–water partition coefficient (Wildman–Crippen LogP) is 0.136. The quantitative estimate of drug-likeness (QED) is 0.537. The maximum Gasteiger partial charge on any atom is 0.333 e. The Morgan fingerprint density at radius 2 is 1.90 bits per heavy atom. The van der Waals surface area contributed by atoms with Crippen LogP contribution in [-0.4, -0.2) is 5.66 Å². The molecule has 0 aliphatic rings. The van der Waals surface area contributed by atoms with Crippen LogP contribution in [0.1, 0.15) is 0 Å². The highest BCUT2D eigenvalue weighted by Crippen LogP contribution is 2.05. The van der Waals surface area contributed by atoms with Crippen molar-refractivity contribution < 1.29 is 9.69 Å². The van der Waals surface area contributed by atoms with Crippen molar-refractivity contribution in [3.05, 3.63) is 30.3 Å². The van der Waals surface area contributed by atoms with Gasteiger partial charge in [-0.15, -0.1) is 0 Å². The summed E-state index contributed by atoms with van der Waals surface area (Å²) in [7, 11) is -1.93. The van der Waals surface area contributed by atoms with Gasteiger partial charge in [0.15, 0.2) is 13.1 Å². The van der Waals surface area contributed by atoms with Crippen LogP contribution in [0.5, 0.6) is 0 Å². The average molecular weight is 152 g/mol. The van der Waals surface area contributed by atoms with E-state index < -0.39 is 7.77 Å². The van der Waals surface area contributed by atoms with Crippen molar-refractivity contribution in [2.75, 3.05) is 0 Å². The van der Waals surface area contributed by atoms with Crippen LogP contribution in [0.3, 0.4) is 0 Å². The third kappa shape index (κ3) is 1.52. The van der Waals surface area contributed by atoms with E-state index in [4.69, 9.17) is 0 Å². The summed E-state index contributed by atoms with van der Waals surface area (Å²) in [6, 6.07) is 8.56. The molecule has 0 amide bonds. The zero-order chi connectivity index (χ0) is 7.40. The molecular weight excluding hydrogens is 147 g/mol. The maximum absolute atomic E-state index is 10.7. The highest BCUT2D eigenvalue weighted by Gasteiger charge is 1.99. The highest BCUT2D eigenvalue weighted by atomic mass is 31.1. The summed E-state index contributed by atoms with van der Waals surface area (Å²) in [6.45, 7) is 0. The first kappa shape index (κ1) is 7.17. The molecular formula is C7H5O2P. The van der Waals surface area contributed by atoms with Crippen molar-refractivity contribution in [1.82, 2.24) is 0 Å². The molecule has 0 N–H and O–H groups in total. The molecule has 1 aromatic carbocycles. The van der Waals surface area contributed by atoms with Gasteiger partial charge in [0.25, 0.3) is 0 Å². The number of hydrogen-bond acceptors (Lipinski definition) is 2. The molecule has 1 unspecified atom stereocenters. The van der Waals surface area contributed by atoms with Gasteiger partial charge in [-0.2, -0.15) is 4.79 Å². The Morgan fingerprint density at radius 1 is 1.30 bits per heavy atom. The van der Waals surface area contributed by atoms with Crippen LogP contribution in [0.15, 0.2) is 30.3 Å². The first-order valence-electron chi connectivity index (χ1n) is 2.74. The number of benzene rings is 1. The summed E-state index contributed by atoms with van der Waals surface area (Å²) < 4.78 is 0. The molecule has 0 radical (unpaired) electrons. The normalized spacial score (nSPS) is 10.3. The molecule has 2 nitrogen and oxygen atoms in total. The molecule has 0 fully saturated rings. The van der Waals surface area contributed by atoms with E-state index in [1.807, 2.05) is 0 Å². The van der Waals surface area contributed by atoms with Crippen molar-refractivity contribution in [3.8, 4) is 0 Å². The second-order valence-electron chi connectivity index (χ2n) is 1.72. The molecule has 1 atom stereocenters. The molecule has 0 heterocycles. The summed E-state index contributed by atoms with van der Waals surface area (Å²) in [5.74, 6) is 0. The lowest BCUT2D eigenvalue weighted by Crippen LogP contribution is -2.03. The van der Waals surface area contributed by atoms with E-state index in [1.54, 1.807) is 30.3 Å². The van der Waals surface area contributed by atoms with E-state index in [9.17, 15) is 9.69 Å². The van der Waals surface area contributed by atoms with Gasteiger partial charge in [-0.05, 0) is 12.1 Å². The minimum atomic E-state index is -1.93. The number of hydrogen-bond donors (Lipinski definition) is 0. The summed E-state index contributed by atoms with van der Waals surface area (Å²) in [5, 5.41) is 0.535. The SMILES string of the molecule is O=C=[P+]([O-])c1ccccc1. The van der Waals surface area contributed by atoms with E-state index >= 15 is 0 Å². The maximum atomic E-state index is 10.7. The molecule has 0 bridgehead atoms. The average Bonchev–Trinajstić information content (AvgIpc) is 2.05. The molecule has 0 spiro atoms. The third-order valence-electron chi connectivity index (χ3n) is 1.07. The molecule has 0 saturated carbocycles. The highest BCUT2D eigenvalue weighted by molar-refractivity contribution is 7.57. The van der Waals surface area contributed by atoms with Crippen LogP contribution >= 0.6 is 7.77 Å². The second kappa shape index (κ2) is 3.28. The second-order valence-corrected chi connectivity index (χ2v) is 3.01. The summed E-state index contributed by atoms with van der Waals surface area (Å²) in [5.41, 5.74) is 1.44. The minimum absolute atomic E-state index is 0.535. The Hall–Kier alpha value is -0.940. The Labute approximate surface area is 59.6 Å². The number of rotatable bonds is 1. The molecule has 0 aliphatic carbocycles. The van der Waals surface area contributed by atoms with Crippen molar-refractivity contribution >= 4 is 18.7 Å². The summed E-state index contributed by atoms with van der Waals surface area (Å²) in [4.78, 5) is 20.6. The van der Waals surface area contributed by atoms with Crippen molar-refractivity contribution in [1.29, 1.82) is 0 Å². The van der Waals surface area contributed by atoms with E-state index in [0.29, 0.717) is 5.30 Å². The summed E-state index contributed by atoms with van der Waals surface area (Å²) in [6.07, 6.45) is 0. The molecule has 1 rings (SSSR count). The topological polar surface area (TPSA) is 40.1 Å².